The molecule has 0 aliphatic heterocycles. The maximum atomic E-state index is 12.9. The molecule has 0 saturated heterocycles. The van der Waals surface area contributed by atoms with Gasteiger partial charge in [-0.15, -0.1) is 0 Å². The van der Waals surface area contributed by atoms with E-state index < -0.39 is 55.6 Å². The molecule has 38 heavy (non-hydrogen) atoms. The van der Waals surface area contributed by atoms with Gasteiger partial charge in [-0.2, -0.15) is 0 Å². The number of rotatable bonds is 14. The lowest BCUT2D eigenvalue weighted by Gasteiger charge is -2.29. The molecule has 0 aromatic heterocycles. The van der Waals surface area contributed by atoms with Gasteiger partial charge in [0.2, 0.25) is 0 Å². The van der Waals surface area contributed by atoms with Crippen LogP contribution in [0.3, 0.4) is 0 Å². The summed E-state index contributed by atoms with van der Waals surface area (Å²) in [6.45, 7) is 19.7. The molecular formula is C28H48Br2O8. The molecule has 222 valence electrons. The molecule has 0 radical (unpaired) electrons. The molecule has 10 heteroatoms. The molecule has 0 N–H and O–H groups in total. The smallest absolute Gasteiger partial charge is 0.320 e. The lowest BCUT2D eigenvalue weighted by atomic mass is 9.87. The minimum atomic E-state index is -0.907. The zero-order valence-corrected chi connectivity index (χ0v) is 28.2. The van der Waals surface area contributed by atoms with Crippen molar-refractivity contribution in [2.75, 3.05) is 6.61 Å². The van der Waals surface area contributed by atoms with Crippen LogP contribution in [0.5, 0.6) is 0 Å². The number of carbonyl (C=O) groups is 4. The third-order valence-corrected chi connectivity index (χ3v) is 6.84. The molecule has 8 nitrogen and oxygen atoms in total. The first-order chi connectivity index (χ1) is 17.0. The van der Waals surface area contributed by atoms with Gasteiger partial charge in [0.15, 0.2) is 0 Å². The Bertz CT molecular complexity index is 809. The van der Waals surface area contributed by atoms with Crippen LogP contribution >= 0.6 is 31.9 Å². The largest absolute Gasteiger partial charge is 0.465 e. The Hall–Kier alpha value is -1.16. The standard InChI is InChI=1S/C28H48Br2O8/c1-12-18(36-24(34)28(10,11)17-20(30)22(32)38-26(5,6)7)14-13-15-35-23(33)27(8,9)16-19(29)21(31)37-25(2,3)4/h18-20H,12-17H2,1-11H3. The first-order valence-corrected chi connectivity index (χ1v) is 15.0. The summed E-state index contributed by atoms with van der Waals surface area (Å²) in [5.41, 5.74) is -3.04. The van der Waals surface area contributed by atoms with Gasteiger partial charge in [-0.1, -0.05) is 38.8 Å². The zero-order valence-electron chi connectivity index (χ0n) is 25.0. The summed E-state index contributed by atoms with van der Waals surface area (Å²) in [6, 6.07) is 0. The van der Waals surface area contributed by atoms with Crippen molar-refractivity contribution in [3.8, 4) is 0 Å². The van der Waals surface area contributed by atoms with Crippen molar-refractivity contribution in [1.29, 1.82) is 0 Å². The van der Waals surface area contributed by atoms with Crippen LogP contribution < -0.4 is 0 Å². The average molecular weight is 672 g/mol. The first-order valence-electron chi connectivity index (χ1n) is 13.1. The molecule has 0 saturated carbocycles. The van der Waals surface area contributed by atoms with Gasteiger partial charge in [0, 0.05) is 0 Å². The van der Waals surface area contributed by atoms with Gasteiger partial charge in [0.25, 0.3) is 0 Å². The molecule has 3 atom stereocenters. The number of esters is 4. The number of carbonyl (C=O) groups excluding carboxylic acids is 4. The van der Waals surface area contributed by atoms with E-state index in [4.69, 9.17) is 18.9 Å². The van der Waals surface area contributed by atoms with Crippen LogP contribution in [-0.4, -0.2) is 57.4 Å². The third kappa shape index (κ3) is 14.8. The first kappa shape index (κ1) is 36.8. The van der Waals surface area contributed by atoms with Crippen LogP contribution in [0.15, 0.2) is 0 Å². The van der Waals surface area contributed by atoms with E-state index in [0.717, 1.165) is 0 Å². The molecule has 0 spiro atoms. The lowest BCUT2D eigenvalue weighted by Crippen LogP contribution is -2.36. The molecule has 3 unspecified atom stereocenters. The minimum absolute atomic E-state index is 0.168. The summed E-state index contributed by atoms with van der Waals surface area (Å²) in [5, 5.41) is 0. The third-order valence-electron chi connectivity index (χ3n) is 5.44. The van der Waals surface area contributed by atoms with Crippen LogP contribution in [0.1, 0.15) is 108 Å². The van der Waals surface area contributed by atoms with Crippen molar-refractivity contribution < 1.29 is 38.1 Å². The second-order valence-electron chi connectivity index (χ2n) is 12.9. The summed E-state index contributed by atoms with van der Waals surface area (Å²) in [7, 11) is 0. The molecule has 0 heterocycles. The van der Waals surface area contributed by atoms with Gasteiger partial charge >= 0.3 is 23.9 Å². The topological polar surface area (TPSA) is 105 Å². The molecule has 0 aliphatic rings. The Morgan fingerprint density at radius 1 is 0.684 bits per heavy atom. The maximum Gasteiger partial charge on any atom is 0.320 e. The number of hydrogen-bond acceptors (Lipinski definition) is 8. The highest BCUT2D eigenvalue weighted by atomic mass is 79.9. The lowest BCUT2D eigenvalue weighted by molar-refractivity contribution is -0.163. The van der Waals surface area contributed by atoms with Crippen LogP contribution in [0.4, 0.5) is 0 Å². The molecule has 0 fully saturated rings. The van der Waals surface area contributed by atoms with E-state index in [1.807, 2.05) is 6.92 Å². The van der Waals surface area contributed by atoms with Crippen LogP contribution in [0.25, 0.3) is 0 Å². The van der Waals surface area contributed by atoms with E-state index in [-0.39, 0.29) is 25.6 Å². The Morgan fingerprint density at radius 3 is 1.45 bits per heavy atom. The quantitative estimate of drug-likeness (QED) is 0.0872. The zero-order chi connectivity index (χ0) is 30.1. The minimum Gasteiger partial charge on any atom is -0.465 e. The number of ether oxygens (including phenoxy) is 4. The Labute approximate surface area is 245 Å². The summed E-state index contributed by atoms with van der Waals surface area (Å²) in [5.74, 6) is -1.66. The Morgan fingerprint density at radius 2 is 1.08 bits per heavy atom. The van der Waals surface area contributed by atoms with Crippen molar-refractivity contribution in [2.45, 2.75) is 135 Å². The SMILES string of the molecule is CCC(CCCOC(=O)C(C)(C)CC(Br)C(=O)OC(C)(C)C)OC(=O)C(C)(C)CC(Br)C(=O)OC(C)(C)C. The highest BCUT2D eigenvalue weighted by Crippen LogP contribution is 2.31. The number of alkyl halides is 2. The van der Waals surface area contributed by atoms with Crippen molar-refractivity contribution >= 4 is 55.7 Å². The fourth-order valence-corrected chi connectivity index (χ4v) is 5.09. The molecule has 0 aromatic carbocycles. The summed E-state index contributed by atoms with van der Waals surface area (Å²) in [4.78, 5) is 48.8. The highest BCUT2D eigenvalue weighted by Gasteiger charge is 2.38. The molecule has 0 aliphatic carbocycles. The summed E-state index contributed by atoms with van der Waals surface area (Å²) >= 11 is 6.66. The van der Waals surface area contributed by atoms with Crippen LogP contribution in [-0.2, 0) is 38.1 Å². The molecular weight excluding hydrogens is 624 g/mol. The molecule has 0 aromatic rings. The average Bonchev–Trinajstić information content (AvgIpc) is 2.72. The highest BCUT2D eigenvalue weighted by molar-refractivity contribution is 9.10. The predicted molar refractivity (Wildman–Crippen MR) is 154 cm³/mol. The molecule has 0 amide bonds. The fraction of sp³-hybridized carbons (Fsp3) is 0.857. The van der Waals surface area contributed by atoms with E-state index in [1.54, 1.807) is 69.2 Å². The fourth-order valence-electron chi connectivity index (χ4n) is 3.29. The van der Waals surface area contributed by atoms with Crippen molar-refractivity contribution in [3.05, 3.63) is 0 Å². The van der Waals surface area contributed by atoms with E-state index in [1.165, 1.54) is 0 Å². The van der Waals surface area contributed by atoms with Gasteiger partial charge in [0.05, 0.1) is 17.4 Å². The van der Waals surface area contributed by atoms with Crippen LogP contribution in [0.2, 0.25) is 0 Å². The summed E-state index contributed by atoms with van der Waals surface area (Å²) < 4.78 is 21.9. The number of hydrogen-bond donors (Lipinski definition) is 0. The van der Waals surface area contributed by atoms with Gasteiger partial charge in [-0.05, 0) is 101 Å². The van der Waals surface area contributed by atoms with Crippen molar-refractivity contribution in [2.24, 2.45) is 10.8 Å². The van der Waals surface area contributed by atoms with E-state index >= 15 is 0 Å². The van der Waals surface area contributed by atoms with Crippen molar-refractivity contribution in [3.63, 3.8) is 0 Å². The van der Waals surface area contributed by atoms with Gasteiger partial charge in [-0.25, -0.2) is 0 Å². The predicted octanol–water partition coefficient (Wildman–Crippen LogP) is 6.67. The Balaban J connectivity index is 4.73. The summed E-state index contributed by atoms with van der Waals surface area (Å²) in [6.07, 6.45) is 1.74. The van der Waals surface area contributed by atoms with E-state index in [9.17, 15) is 19.2 Å². The van der Waals surface area contributed by atoms with Gasteiger partial charge in [0.1, 0.15) is 27.0 Å². The maximum absolute atomic E-state index is 12.9. The second kappa shape index (κ2) is 15.0. The monoisotopic (exact) mass is 670 g/mol. The normalized spacial score (nSPS) is 15.2. The van der Waals surface area contributed by atoms with Gasteiger partial charge < -0.3 is 18.9 Å². The van der Waals surface area contributed by atoms with E-state index in [0.29, 0.717) is 19.3 Å². The van der Waals surface area contributed by atoms with Gasteiger partial charge in [-0.3, -0.25) is 19.2 Å². The molecule has 0 bridgehead atoms. The number of halogens is 2. The van der Waals surface area contributed by atoms with Crippen LogP contribution in [0, 0.1) is 10.8 Å². The Kier molecular flexibility index (Phi) is 14.5. The van der Waals surface area contributed by atoms with E-state index in [2.05, 4.69) is 31.9 Å². The molecule has 0 rings (SSSR count). The second-order valence-corrected chi connectivity index (χ2v) is 15.1. The van der Waals surface area contributed by atoms with Crippen molar-refractivity contribution in [1.82, 2.24) is 0 Å².